The molecule has 0 radical (unpaired) electrons. The van der Waals surface area contributed by atoms with Gasteiger partial charge in [0.15, 0.2) is 0 Å². The number of amides is 4. The summed E-state index contributed by atoms with van der Waals surface area (Å²) in [7, 11) is 1.36. The normalized spacial score (nSPS) is 14.6. The molecule has 0 aliphatic heterocycles. The lowest BCUT2D eigenvalue weighted by atomic mass is 9.84. The van der Waals surface area contributed by atoms with E-state index in [2.05, 4.69) is 26.0 Å². The molecule has 0 aromatic heterocycles. The molecule has 1 aromatic carbocycles. The zero-order chi connectivity index (χ0) is 34.8. The van der Waals surface area contributed by atoms with E-state index in [0.717, 1.165) is 48.8 Å². The van der Waals surface area contributed by atoms with Gasteiger partial charge in [-0.25, -0.2) is 0 Å². The summed E-state index contributed by atoms with van der Waals surface area (Å²) >= 11 is 1.53. The largest absolute Gasteiger partial charge is 0.508 e. The highest BCUT2D eigenvalue weighted by molar-refractivity contribution is 7.98. The molecule has 9 N–H and O–H groups in total. The summed E-state index contributed by atoms with van der Waals surface area (Å²) in [6, 6.07) is 0.695. The number of halogens is 1. The van der Waals surface area contributed by atoms with Crippen molar-refractivity contribution in [3.63, 3.8) is 0 Å². The molecule has 1 saturated carbocycles. The number of ether oxygens (including phenoxy) is 1. The summed E-state index contributed by atoms with van der Waals surface area (Å²) in [5.74, 6) is -0.928. The number of rotatable bonds is 20. The fourth-order valence-electron chi connectivity index (χ4n) is 5.92. The van der Waals surface area contributed by atoms with Crippen LogP contribution in [0.4, 0.5) is 0 Å². The third-order valence-corrected chi connectivity index (χ3v) is 9.28. The number of carbonyl (C=O) groups is 5. The first-order chi connectivity index (χ1) is 22.4. The topological polar surface area (TPSA) is 220 Å². The molecule has 0 bridgehead atoms. The monoisotopic (exact) mass is 731 g/mol. The van der Waals surface area contributed by atoms with Crippen LogP contribution < -0.4 is 27.0 Å². The number of unbranched alkanes of at least 4 members (excludes halogenated alkanes) is 2. The first-order valence-corrected chi connectivity index (χ1v) is 18.1. The molecule has 13 nitrogen and oxygen atoms in total. The molecule has 49 heavy (non-hydrogen) atoms. The first-order valence-electron chi connectivity index (χ1n) is 16.7. The van der Waals surface area contributed by atoms with Crippen LogP contribution in [-0.2, 0) is 35.1 Å². The van der Waals surface area contributed by atoms with Crippen molar-refractivity contribution in [2.45, 2.75) is 109 Å². The van der Waals surface area contributed by atoms with Crippen LogP contribution in [0.1, 0.15) is 87.3 Å². The standard InChI is InChI=1S/C34H55N5O7S.ClH.H2O/c1-22-17-25(40)18-23(2)26(22)20-27(35)32(43)39-28(14-16-47-4)33(44)37-21-30(41)38-29(19-24-11-7-5-8-12-24)34(45)36-15-10-6-9-13-31(42)46-3;;/h17-18,24,27-29,40H,5-16,19-21,35H2,1-4H3,(H,36,45)(H,37,44)(H,38,41)(H,39,43);1H;1H2/t27-,28-,29+;;/m1../s1. The van der Waals surface area contributed by atoms with Gasteiger partial charge in [0.25, 0.3) is 0 Å². The van der Waals surface area contributed by atoms with Crippen LogP contribution in [-0.4, -0.2) is 90.5 Å². The Balaban J connectivity index is 0.0000115. The Morgan fingerprint density at radius 2 is 1.57 bits per heavy atom. The molecule has 280 valence electrons. The molecule has 3 atom stereocenters. The van der Waals surface area contributed by atoms with Crippen molar-refractivity contribution in [2.75, 3.05) is 32.2 Å². The van der Waals surface area contributed by atoms with Gasteiger partial charge in [0.1, 0.15) is 17.8 Å². The highest BCUT2D eigenvalue weighted by Crippen LogP contribution is 2.27. The number of esters is 1. The predicted molar refractivity (Wildman–Crippen MR) is 195 cm³/mol. The van der Waals surface area contributed by atoms with Gasteiger partial charge in [0, 0.05) is 13.0 Å². The first kappa shape index (κ1) is 45.9. The van der Waals surface area contributed by atoms with Crippen molar-refractivity contribution in [1.82, 2.24) is 21.3 Å². The molecule has 0 saturated heterocycles. The number of hydrogen-bond donors (Lipinski definition) is 6. The van der Waals surface area contributed by atoms with Crippen molar-refractivity contribution >= 4 is 53.8 Å². The summed E-state index contributed by atoms with van der Waals surface area (Å²) in [5, 5.41) is 20.9. The minimum absolute atomic E-state index is 0. The number of nitrogens with one attached hydrogen (secondary N) is 4. The van der Waals surface area contributed by atoms with Crippen molar-refractivity contribution < 1.29 is 39.3 Å². The van der Waals surface area contributed by atoms with Crippen LogP contribution >= 0.6 is 24.2 Å². The van der Waals surface area contributed by atoms with Gasteiger partial charge in [0.2, 0.25) is 23.6 Å². The lowest BCUT2D eigenvalue weighted by molar-refractivity contribution is -0.140. The second-order valence-electron chi connectivity index (χ2n) is 12.5. The molecule has 15 heteroatoms. The van der Waals surface area contributed by atoms with Crippen molar-refractivity contribution in [3.8, 4) is 5.75 Å². The van der Waals surface area contributed by atoms with Crippen LogP contribution in [0.15, 0.2) is 12.1 Å². The maximum atomic E-state index is 13.1. The van der Waals surface area contributed by atoms with E-state index in [9.17, 15) is 29.1 Å². The maximum Gasteiger partial charge on any atom is 0.305 e. The maximum absolute atomic E-state index is 13.1. The number of benzene rings is 1. The van der Waals surface area contributed by atoms with Gasteiger partial charge in [-0.3, -0.25) is 24.0 Å². The number of aryl methyl sites for hydroxylation is 2. The molecule has 0 spiro atoms. The minimum Gasteiger partial charge on any atom is -0.508 e. The average Bonchev–Trinajstić information content (AvgIpc) is 3.04. The van der Waals surface area contributed by atoms with Gasteiger partial charge < -0.3 is 42.3 Å². The van der Waals surface area contributed by atoms with E-state index < -0.39 is 35.8 Å². The zero-order valence-corrected chi connectivity index (χ0v) is 31.0. The van der Waals surface area contributed by atoms with Crippen LogP contribution in [0, 0.1) is 19.8 Å². The Morgan fingerprint density at radius 3 is 2.18 bits per heavy atom. The number of phenols is 1. The van der Waals surface area contributed by atoms with Crippen molar-refractivity contribution in [3.05, 3.63) is 28.8 Å². The molecule has 1 aliphatic carbocycles. The summed E-state index contributed by atoms with van der Waals surface area (Å²) in [4.78, 5) is 63.6. The number of methoxy groups -OCH3 is 1. The summed E-state index contributed by atoms with van der Waals surface area (Å²) in [6.45, 7) is 3.76. The lowest BCUT2D eigenvalue weighted by Gasteiger charge is -2.27. The molecular weight excluding hydrogens is 674 g/mol. The molecule has 1 fully saturated rings. The number of carbonyl (C=O) groups excluding carboxylic acids is 5. The van der Waals surface area contributed by atoms with E-state index in [0.29, 0.717) is 50.3 Å². The molecule has 0 heterocycles. The third-order valence-electron chi connectivity index (χ3n) is 8.64. The van der Waals surface area contributed by atoms with E-state index in [1.165, 1.54) is 25.3 Å². The molecule has 1 aliphatic rings. The predicted octanol–water partition coefficient (Wildman–Crippen LogP) is 2.13. The van der Waals surface area contributed by atoms with Crippen LogP contribution in [0.3, 0.4) is 0 Å². The summed E-state index contributed by atoms with van der Waals surface area (Å²) < 4.78 is 4.65. The Kier molecular flexibility index (Phi) is 23.4. The second kappa shape index (κ2) is 25.0. The quantitative estimate of drug-likeness (QED) is 0.0853. The summed E-state index contributed by atoms with van der Waals surface area (Å²) in [6.07, 6.45) is 10.9. The average molecular weight is 732 g/mol. The van der Waals surface area contributed by atoms with Crippen LogP contribution in [0.2, 0.25) is 0 Å². The third kappa shape index (κ3) is 17.4. The molecule has 0 unspecified atom stereocenters. The minimum atomic E-state index is -0.920. The zero-order valence-electron chi connectivity index (χ0n) is 29.4. The number of nitrogens with two attached hydrogens (primary N) is 1. The van der Waals surface area contributed by atoms with Crippen molar-refractivity contribution in [1.29, 1.82) is 0 Å². The molecular formula is C34H58ClN5O8S. The van der Waals surface area contributed by atoms with Crippen molar-refractivity contribution in [2.24, 2.45) is 11.7 Å². The number of phenolic OH excluding ortho intramolecular Hbond substituents is 1. The van der Waals surface area contributed by atoms with Gasteiger partial charge in [-0.15, -0.1) is 12.4 Å². The van der Waals surface area contributed by atoms with Gasteiger partial charge in [0.05, 0.1) is 19.7 Å². The van der Waals surface area contributed by atoms with E-state index in [1.54, 1.807) is 12.1 Å². The Labute approximate surface area is 301 Å². The number of aromatic hydroxyl groups is 1. The fourth-order valence-corrected chi connectivity index (χ4v) is 6.39. The van der Waals surface area contributed by atoms with E-state index in [4.69, 9.17) is 5.73 Å². The van der Waals surface area contributed by atoms with E-state index >= 15 is 0 Å². The Hall–Kier alpha value is -3.07. The van der Waals surface area contributed by atoms with Crippen LogP contribution in [0.25, 0.3) is 0 Å². The Morgan fingerprint density at radius 1 is 0.939 bits per heavy atom. The number of thioether (sulfide) groups is 1. The van der Waals surface area contributed by atoms with Gasteiger partial charge in [-0.1, -0.05) is 38.5 Å². The number of hydrogen-bond acceptors (Lipinski definition) is 9. The van der Waals surface area contributed by atoms with E-state index in [1.807, 2.05) is 20.1 Å². The summed E-state index contributed by atoms with van der Waals surface area (Å²) in [5.41, 5.74) is 8.73. The van der Waals surface area contributed by atoms with Gasteiger partial charge >= 0.3 is 5.97 Å². The Bertz CT molecular complexity index is 1180. The molecule has 2 rings (SSSR count). The van der Waals surface area contributed by atoms with Gasteiger partial charge in [-0.2, -0.15) is 11.8 Å². The SMILES string of the molecule is COC(=O)CCCCCNC(=O)[C@H](CC1CCCCC1)NC(=O)CNC(=O)[C@@H](CCSC)NC(=O)[C@H](N)Cc1c(C)cc(O)cc1C.Cl.O. The van der Waals surface area contributed by atoms with Crippen LogP contribution in [0.5, 0.6) is 5.75 Å². The smallest absolute Gasteiger partial charge is 0.305 e. The second-order valence-corrected chi connectivity index (χ2v) is 13.5. The van der Waals surface area contributed by atoms with Gasteiger partial charge in [-0.05, 0) is 92.7 Å². The molecule has 1 aromatic rings. The molecule has 4 amide bonds. The van der Waals surface area contributed by atoms with E-state index in [-0.39, 0.29) is 48.5 Å². The lowest BCUT2D eigenvalue weighted by Crippen LogP contribution is -2.54. The highest BCUT2D eigenvalue weighted by atomic mass is 35.5. The fraction of sp³-hybridized carbons (Fsp3) is 0.676. The highest BCUT2D eigenvalue weighted by Gasteiger charge is 2.28.